The molecule has 1 aliphatic rings. The Hall–Kier alpha value is -1.88. The number of esters is 1. The standard InChI is InChI=1S/C14H18N2O3/c1-19-12(17)11(10-5-3-2-4-6-10)9-16-13(18)14(15)7-8-14/h2-6,11H,7-9,15H2,1H3,(H,16,18). The second-order valence-electron chi connectivity index (χ2n) is 4.85. The number of hydrogen-bond acceptors (Lipinski definition) is 4. The van der Waals surface area contributed by atoms with E-state index >= 15 is 0 Å². The fourth-order valence-corrected chi connectivity index (χ4v) is 1.90. The first-order chi connectivity index (χ1) is 9.07. The van der Waals surface area contributed by atoms with Gasteiger partial charge in [-0.05, 0) is 18.4 Å². The number of nitrogens with one attached hydrogen (secondary N) is 1. The summed E-state index contributed by atoms with van der Waals surface area (Å²) in [7, 11) is 1.34. The number of ether oxygens (including phenoxy) is 1. The zero-order chi connectivity index (χ0) is 13.9. The summed E-state index contributed by atoms with van der Waals surface area (Å²) in [6.07, 6.45) is 1.40. The van der Waals surface area contributed by atoms with Crippen LogP contribution in [-0.4, -0.2) is 31.1 Å². The highest BCUT2D eigenvalue weighted by molar-refractivity contribution is 5.89. The molecule has 102 valence electrons. The molecule has 3 N–H and O–H groups in total. The molecule has 1 fully saturated rings. The summed E-state index contributed by atoms with van der Waals surface area (Å²) in [5, 5.41) is 2.73. The van der Waals surface area contributed by atoms with E-state index in [1.165, 1.54) is 7.11 Å². The van der Waals surface area contributed by atoms with E-state index in [4.69, 9.17) is 10.5 Å². The molecule has 5 nitrogen and oxygen atoms in total. The maximum absolute atomic E-state index is 11.8. The molecule has 0 aromatic heterocycles. The van der Waals surface area contributed by atoms with E-state index in [0.717, 1.165) is 5.56 Å². The molecule has 2 rings (SSSR count). The molecule has 19 heavy (non-hydrogen) atoms. The number of carbonyl (C=O) groups is 2. The van der Waals surface area contributed by atoms with Crippen molar-refractivity contribution in [3.63, 3.8) is 0 Å². The summed E-state index contributed by atoms with van der Waals surface area (Å²) in [5.41, 5.74) is 5.89. The van der Waals surface area contributed by atoms with Gasteiger partial charge in [0.15, 0.2) is 0 Å². The monoisotopic (exact) mass is 262 g/mol. The van der Waals surface area contributed by atoms with Crippen molar-refractivity contribution in [2.45, 2.75) is 24.3 Å². The molecule has 0 aliphatic heterocycles. The third kappa shape index (κ3) is 3.12. The minimum Gasteiger partial charge on any atom is -0.468 e. The first kappa shape index (κ1) is 13.5. The quantitative estimate of drug-likeness (QED) is 0.759. The summed E-state index contributed by atoms with van der Waals surface area (Å²) in [5.74, 6) is -1.07. The number of hydrogen-bond donors (Lipinski definition) is 2. The second kappa shape index (κ2) is 5.40. The molecule has 1 atom stereocenters. The summed E-state index contributed by atoms with van der Waals surface area (Å²) < 4.78 is 4.78. The number of methoxy groups -OCH3 is 1. The molecule has 1 unspecified atom stereocenters. The topological polar surface area (TPSA) is 81.4 Å². The van der Waals surface area contributed by atoms with E-state index in [1.54, 1.807) is 0 Å². The summed E-state index contributed by atoms with van der Waals surface area (Å²) in [6, 6.07) is 9.23. The molecule has 1 aliphatic carbocycles. The highest BCUT2D eigenvalue weighted by Crippen LogP contribution is 2.32. The minimum absolute atomic E-state index is 0.197. The van der Waals surface area contributed by atoms with Crippen molar-refractivity contribution in [1.29, 1.82) is 0 Å². The van der Waals surface area contributed by atoms with Crippen LogP contribution in [0.2, 0.25) is 0 Å². The van der Waals surface area contributed by atoms with Gasteiger partial charge < -0.3 is 15.8 Å². The Bertz CT molecular complexity index is 469. The number of carbonyl (C=O) groups excluding carboxylic acids is 2. The maximum Gasteiger partial charge on any atom is 0.314 e. The van der Waals surface area contributed by atoms with Crippen LogP contribution >= 0.6 is 0 Å². The van der Waals surface area contributed by atoms with Crippen LogP contribution < -0.4 is 11.1 Å². The van der Waals surface area contributed by atoms with Crippen LogP contribution in [0.15, 0.2) is 30.3 Å². The number of nitrogens with two attached hydrogens (primary N) is 1. The van der Waals surface area contributed by atoms with Gasteiger partial charge in [0, 0.05) is 6.54 Å². The first-order valence-corrected chi connectivity index (χ1v) is 6.27. The van der Waals surface area contributed by atoms with Gasteiger partial charge in [0.05, 0.1) is 18.6 Å². The van der Waals surface area contributed by atoms with Crippen molar-refractivity contribution >= 4 is 11.9 Å². The molecule has 0 bridgehead atoms. The molecule has 0 radical (unpaired) electrons. The van der Waals surface area contributed by atoms with Crippen LogP contribution in [-0.2, 0) is 14.3 Å². The van der Waals surface area contributed by atoms with Gasteiger partial charge in [-0.2, -0.15) is 0 Å². The first-order valence-electron chi connectivity index (χ1n) is 6.27. The second-order valence-corrected chi connectivity index (χ2v) is 4.85. The third-order valence-electron chi connectivity index (χ3n) is 3.40. The summed E-state index contributed by atoms with van der Waals surface area (Å²) in [4.78, 5) is 23.6. The third-order valence-corrected chi connectivity index (χ3v) is 3.40. The lowest BCUT2D eigenvalue weighted by Gasteiger charge is -2.17. The molecule has 0 heterocycles. The van der Waals surface area contributed by atoms with E-state index in [9.17, 15) is 9.59 Å². The summed E-state index contributed by atoms with van der Waals surface area (Å²) in [6.45, 7) is 0.203. The average Bonchev–Trinajstić information content (AvgIpc) is 3.19. The summed E-state index contributed by atoms with van der Waals surface area (Å²) >= 11 is 0. The van der Waals surface area contributed by atoms with E-state index in [1.807, 2.05) is 30.3 Å². The largest absolute Gasteiger partial charge is 0.468 e. The van der Waals surface area contributed by atoms with Crippen LogP contribution in [0, 0.1) is 0 Å². The van der Waals surface area contributed by atoms with E-state index in [2.05, 4.69) is 5.32 Å². The van der Waals surface area contributed by atoms with Crippen molar-refractivity contribution in [3.05, 3.63) is 35.9 Å². The molecular weight excluding hydrogens is 244 g/mol. The average molecular weight is 262 g/mol. The van der Waals surface area contributed by atoms with Crippen molar-refractivity contribution in [2.75, 3.05) is 13.7 Å². The Balaban J connectivity index is 2.03. The molecule has 1 aromatic rings. The van der Waals surface area contributed by atoms with E-state index < -0.39 is 11.5 Å². The molecule has 5 heteroatoms. The van der Waals surface area contributed by atoms with Gasteiger partial charge in [-0.15, -0.1) is 0 Å². The van der Waals surface area contributed by atoms with E-state index in [-0.39, 0.29) is 18.4 Å². The van der Waals surface area contributed by atoms with Crippen LogP contribution in [0.3, 0.4) is 0 Å². The van der Waals surface area contributed by atoms with Crippen molar-refractivity contribution < 1.29 is 14.3 Å². The van der Waals surface area contributed by atoms with Gasteiger partial charge in [-0.1, -0.05) is 30.3 Å². The van der Waals surface area contributed by atoms with Crippen molar-refractivity contribution in [3.8, 4) is 0 Å². The highest BCUT2D eigenvalue weighted by Gasteiger charge is 2.46. The molecule has 1 aromatic carbocycles. The predicted molar refractivity (Wildman–Crippen MR) is 70.4 cm³/mol. The van der Waals surface area contributed by atoms with Crippen LogP contribution in [0.25, 0.3) is 0 Å². The zero-order valence-corrected chi connectivity index (χ0v) is 10.9. The normalized spacial score (nSPS) is 17.4. The molecule has 1 saturated carbocycles. The van der Waals surface area contributed by atoms with E-state index in [0.29, 0.717) is 12.8 Å². The Morgan fingerprint density at radius 3 is 2.53 bits per heavy atom. The van der Waals surface area contributed by atoms with Crippen LogP contribution in [0.1, 0.15) is 24.3 Å². The Kier molecular flexibility index (Phi) is 3.85. The lowest BCUT2D eigenvalue weighted by Crippen LogP contribution is -2.44. The minimum atomic E-state index is -0.725. The molecule has 1 amide bonds. The van der Waals surface area contributed by atoms with Crippen molar-refractivity contribution in [2.24, 2.45) is 5.73 Å². The Morgan fingerprint density at radius 1 is 1.37 bits per heavy atom. The number of benzene rings is 1. The lowest BCUT2D eigenvalue weighted by atomic mass is 9.99. The fourth-order valence-electron chi connectivity index (χ4n) is 1.90. The number of amides is 1. The van der Waals surface area contributed by atoms with Crippen molar-refractivity contribution in [1.82, 2.24) is 5.32 Å². The SMILES string of the molecule is COC(=O)C(CNC(=O)C1(N)CC1)c1ccccc1. The lowest BCUT2D eigenvalue weighted by molar-refractivity contribution is -0.142. The molecule has 0 saturated heterocycles. The maximum atomic E-state index is 11.8. The van der Waals surface area contributed by atoms with Gasteiger partial charge in [0.1, 0.15) is 0 Å². The molecular formula is C14H18N2O3. The Labute approximate surface area is 112 Å². The predicted octanol–water partition coefficient (Wildman–Crippen LogP) is 0.551. The fraction of sp³-hybridized carbons (Fsp3) is 0.429. The smallest absolute Gasteiger partial charge is 0.314 e. The van der Waals surface area contributed by atoms with Gasteiger partial charge in [0.2, 0.25) is 5.91 Å². The highest BCUT2D eigenvalue weighted by atomic mass is 16.5. The van der Waals surface area contributed by atoms with Gasteiger partial charge in [-0.3, -0.25) is 9.59 Å². The van der Waals surface area contributed by atoms with Gasteiger partial charge in [0.25, 0.3) is 0 Å². The van der Waals surface area contributed by atoms with Crippen LogP contribution in [0.5, 0.6) is 0 Å². The van der Waals surface area contributed by atoms with Crippen LogP contribution in [0.4, 0.5) is 0 Å². The number of rotatable bonds is 5. The zero-order valence-electron chi connectivity index (χ0n) is 10.9. The van der Waals surface area contributed by atoms with Gasteiger partial charge >= 0.3 is 5.97 Å². The molecule has 0 spiro atoms. The Morgan fingerprint density at radius 2 is 2.00 bits per heavy atom. The van der Waals surface area contributed by atoms with Gasteiger partial charge in [-0.25, -0.2) is 0 Å².